The first-order valence-electron chi connectivity index (χ1n) is 3.68. The standard InChI is InChI=1S/C8H8BrNO2/c9-7-1-3-8(4-2-7)10-11-5-6-12-10/h1-4H,5-6H2. The summed E-state index contributed by atoms with van der Waals surface area (Å²) in [6.07, 6.45) is 0. The maximum atomic E-state index is 5.17. The van der Waals surface area contributed by atoms with Crippen molar-refractivity contribution in [3.05, 3.63) is 28.7 Å². The fraction of sp³-hybridized carbons (Fsp3) is 0.250. The van der Waals surface area contributed by atoms with Gasteiger partial charge in [-0.05, 0) is 24.3 Å². The van der Waals surface area contributed by atoms with E-state index in [1.165, 1.54) is 5.23 Å². The van der Waals surface area contributed by atoms with Crippen LogP contribution >= 0.6 is 15.9 Å². The molecule has 2 rings (SSSR count). The predicted octanol–water partition coefficient (Wildman–Crippen LogP) is 2.13. The fourth-order valence-electron chi connectivity index (χ4n) is 0.990. The van der Waals surface area contributed by atoms with Gasteiger partial charge in [0.1, 0.15) is 13.2 Å². The van der Waals surface area contributed by atoms with Crippen molar-refractivity contribution in [1.82, 2.24) is 0 Å². The molecule has 0 saturated carbocycles. The molecule has 0 amide bonds. The molecule has 0 aliphatic carbocycles. The second-order valence-corrected chi connectivity index (χ2v) is 3.32. The second-order valence-electron chi connectivity index (χ2n) is 2.40. The highest BCUT2D eigenvalue weighted by Gasteiger charge is 2.13. The second kappa shape index (κ2) is 3.43. The summed E-state index contributed by atoms with van der Waals surface area (Å²) in [5, 5.41) is 1.44. The largest absolute Gasteiger partial charge is 0.246 e. The van der Waals surface area contributed by atoms with Gasteiger partial charge in [-0.3, -0.25) is 0 Å². The van der Waals surface area contributed by atoms with Crippen LogP contribution in [0.25, 0.3) is 0 Å². The quantitative estimate of drug-likeness (QED) is 0.737. The molecular formula is C8H8BrNO2. The van der Waals surface area contributed by atoms with E-state index in [1.54, 1.807) is 0 Å². The van der Waals surface area contributed by atoms with Crippen molar-refractivity contribution in [3.8, 4) is 0 Å². The third kappa shape index (κ3) is 1.60. The number of benzene rings is 1. The average Bonchev–Trinajstić information content (AvgIpc) is 2.58. The maximum absolute atomic E-state index is 5.17. The zero-order valence-electron chi connectivity index (χ0n) is 6.37. The fourth-order valence-corrected chi connectivity index (χ4v) is 1.25. The van der Waals surface area contributed by atoms with Crippen molar-refractivity contribution in [3.63, 3.8) is 0 Å². The number of hydrogen-bond donors (Lipinski definition) is 0. The van der Waals surface area contributed by atoms with Crippen LogP contribution in [0.5, 0.6) is 0 Å². The van der Waals surface area contributed by atoms with Gasteiger partial charge in [0, 0.05) is 4.47 Å². The molecule has 1 aromatic carbocycles. The molecule has 0 aromatic heterocycles. The van der Waals surface area contributed by atoms with Crippen molar-refractivity contribution in [2.75, 3.05) is 18.4 Å². The van der Waals surface area contributed by atoms with Crippen LogP contribution < -0.4 is 5.23 Å². The van der Waals surface area contributed by atoms with Gasteiger partial charge >= 0.3 is 0 Å². The van der Waals surface area contributed by atoms with Crippen LogP contribution in [0, 0.1) is 0 Å². The molecule has 1 fully saturated rings. The van der Waals surface area contributed by atoms with E-state index in [0.29, 0.717) is 13.2 Å². The Balaban J connectivity index is 2.17. The Labute approximate surface area is 78.9 Å². The van der Waals surface area contributed by atoms with Gasteiger partial charge in [0.2, 0.25) is 0 Å². The number of rotatable bonds is 1. The molecular weight excluding hydrogens is 222 g/mol. The Kier molecular flexibility index (Phi) is 2.30. The first-order chi connectivity index (χ1) is 5.86. The Bertz CT molecular complexity index is 256. The van der Waals surface area contributed by atoms with Gasteiger partial charge in [0.05, 0.1) is 5.69 Å². The third-order valence-corrected chi connectivity index (χ3v) is 2.07. The van der Waals surface area contributed by atoms with Crippen LogP contribution in [-0.4, -0.2) is 13.2 Å². The molecule has 0 bridgehead atoms. The molecule has 1 aromatic rings. The summed E-state index contributed by atoms with van der Waals surface area (Å²) in [7, 11) is 0. The number of anilines is 1. The van der Waals surface area contributed by atoms with E-state index in [0.717, 1.165) is 10.2 Å². The molecule has 1 heterocycles. The molecule has 1 aliphatic heterocycles. The molecule has 1 aliphatic rings. The van der Waals surface area contributed by atoms with E-state index in [9.17, 15) is 0 Å². The molecule has 4 heteroatoms. The van der Waals surface area contributed by atoms with Crippen LogP contribution in [0.1, 0.15) is 0 Å². The highest BCUT2D eigenvalue weighted by Crippen LogP contribution is 2.20. The highest BCUT2D eigenvalue weighted by molar-refractivity contribution is 9.10. The van der Waals surface area contributed by atoms with Crippen LogP contribution in [0.3, 0.4) is 0 Å². The van der Waals surface area contributed by atoms with Gasteiger partial charge in [-0.1, -0.05) is 15.9 Å². The Morgan fingerprint density at radius 1 is 1.08 bits per heavy atom. The monoisotopic (exact) mass is 229 g/mol. The average molecular weight is 230 g/mol. The summed E-state index contributed by atoms with van der Waals surface area (Å²) in [5.41, 5.74) is 0.913. The van der Waals surface area contributed by atoms with Gasteiger partial charge in [0.25, 0.3) is 0 Å². The van der Waals surface area contributed by atoms with Gasteiger partial charge in [-0.2, -0.15) is 0 Å². The van der Waals surface area contributed by atoms with Crippen molar-refractivity contribution >= 4 is 21.6 Å². The maximum Gasteiger partial charge on any atom is 0.104 e. The molecule has 0 radical (unpaired) electrons. The van der Waals surface area contributed by atoms with Crippen molar-refractivity contribution in [2.24, 2.45) is 0 Å². The molecule has 1 saturated heterocycles. The lowest BCUT2D eigenvalue weighted by Gasteiger charge is -2.13. The first-order valence-corrected chi connectivity index (χ1v) is 4.47. The zero-order valence-corrected chi connectivity index (χ0v) is 7.95. The molecule has 64 valence electrons. The number of hydrogen-bond acceptors (Lipinski definition) is 3. The minimum Gasteiger partial charge on any atom is -0.246 e. The number of halogens is 1. The van der Waals surface area contributed by atoms with Gasteiger partial charge < -0.3 is 0 Å². The van der Waals surface area contributed by atoms with Crippen molar-refractivity contribution in [2.45, 2.75) is 0 Å². The van der Waals surface area contributed by atoms with E-state index in [2.05, 4.69) is 15.9 Å². The Morgan fingerprint density at radius 3 is 2.25 bits per heavy atom. The lowest BCUT2D eigenvalue weighted by atomic mass is 10.3. The van der Waals surface area contributed by atoms with Crippen molar-refractivity contribution in [1.29, 1.82) is 0 Å². The lowest BCUT2D eigenvalue weighted by Crippen LogP contribution is -2.13. The van der Waals surface area contributed by atoms with E-state index in [1.807, 2.05) is 24.3 Å². The topological polar surface area (TPSA) is 21.7 Å². The first kappa shape index (κ1) is 8.04. The summed E-state index contributed by atoms with van der Waals surface area (Å²) in [5.74, 6) is 0. The van der Waals surface area contributed by atoms with Crippen LogP contribution in [0.15, 0.2) is 28.7 Å². The normalized spacial score (nSPS) is 16.9. The minimum absolute atomic E-state index is 0.621. The van der Waals surface area contributed by atoms with Crippen LogP contribution in [-0.2, 0) is 9.68 Å². The smallest absolute Gasteiger partial charge is 0.104 e. The molecule has 0 unspecified atom stereocenters. The van der Waals surface area contributed by atoms with Gasteiger partial charge in [-0.15, -0.1) is 5.23 Å². The number of nitrogens with zero attached hydrogens (tertiary/aromatic N) is 1. The summed E-state index contributed by atoms with van der Waals surface area (Å²) >= 11 is 3.35. The molecule has 12 heavy (non-hydrogen) atoms. The predicted molar refractivity (Wildman–Crippen MR) is 48.5 cm³/mol. The van der Waals surface area contributed by atoms with E-state index in [4.69, 9.17) is 9.68 Å². The van der Waals surface area contributed by atoms with Gasteiger partial charge in [-0.25, -0.2) is 9.68 Å². The lowest BCUT2D eigenvalue weighted by molar-refractivity contribution is 0.0238. The minimum atomic E-state index is 0.621. The van der Waals surface area contributed by atoms with E-state index >= 15 is 0 Å². The molecule has 3 nitrogen and oxygen atoms in total. The highest BCUT2D eigenvalue weighted by atomic mass is 79.9. The summed E-state index contributed by atoms with van der Waals surface area (Å²) in [4.78, 5) is 10.3. The van der Waals surface area contributed by atoms with Gasteiger partial charge in [0.15, 0.2) is 0 Å². The Hall–Kier alpha value is -0.580. The van der Waals surface area contributed by atoms with Crippen molar-refractivity contribution < 1.29 is 9.68 Å². The van der Waals surface area contributed by atoms with E-state index in [-0.39, 0.29) is 0 Å². The Morgan fingerprint density at radius 2 is 1.67 bits per heavy atom. The van der Waals surface area contributed by atoms with Crippen LogP contribution in [0.2, 0.25) is 0 Å². The van der Waals surface area contributed by atoms with E-state index < -0.39 is 0 Å². The summed E-state index contributed by atoms with van der Waals surface area (Å²) in [6, 6.07) is 7.74. The SMILES string of the molecule is Brc1ccc(N2OCCO2)cc1. The van der Waals surface area contributed by atoms with Crippen LogP contribution in [0.4, 0.5) is 5.69 Å². The molecule has 0 atom stereocenters. The molecule has 0 spiro atoms. The third-order valence-electron chi connectivity index (χ3n) is 1.54. The summed E-state index contributed by atoms with van der Waals surface area (Å²) in [6.45, 7) is 1.24. The zero-order chi connectivity index (χ0) is 8.39. The molecule has 0 N–H and O–H groups in total. The summed E-state index contributed by atoms with van der Waals surface area (Å²) < 4.78 is 1.05.